The van der Waals surface area contributed by atoms with Gasteiger partial charge >= 0.3 is 0 Å². The summed E-state index contributed by atoms with van der Waals surface area (Å²) in [6, 6.07) is 0. The number of hydrogen-bond acceptors (Lipinski definition) is 1. The van der Waals surface area contributed by atoms with Gasteiger partial charge in [-0.1, -0.05) is 18.6 Å². The molecule has 2 aliphatic rings. The quantitative estimate of drug-likeness (QED) is 0.467. The summed E-state index contributed by atoms with van der Waals surface area (Å²) >= 11 is 0. The standard InChI is InChI=1S/C12H20O/c1-9(3-5-11-6-7-11)4-8-12-10(2)13-12/h5,9-10,12H,3-4,6-8H2,1-2H3. The Balaban J connectivity index is 1.55. The third-order valence-electron chi connectivity index (χ3n) is 3.13. The molecule has 0 aromatic rings. The van der Waals surface area contributed by atoms with Gasteiger partial charge in [0.25, 0.3) is 0 Å². The van der Waals surface area contributed by atoms with Gasteiger partial charge in [0.05, 0.1) is 12.2 Å². The first-order chi connectivity index (χ1) is 6.25. The lowest BCUT2D eigenvalue weighted by Gasteiger charge is -2.06. The van der Waals surface area contributed by atoms with Crippen molar-refractivity contribution in [3.63, 3.8) is 0 Å². The van der Waals surface area contributed by atoms with Gasteiger partial charge in [-0.05, 0) is 44.9 Å². The summed E-state index contributed by atoms with van der Waals surface area (Å²) in [5.41, 5.74) is 1.68. The predicted octanol–water partition coefficient (Wildman–Crippen LogP) is 3.30. The molecule has 0 bridgehead atoms. The van der Waals surface area contributed by atoms with Crippen molar-refractivity contribution in [2.75, 3.05) is 0 Å². The number of rotatable bonds is 5. The van der Waals surface area contributed by atoms with Gasteiger partial charge in [-0.25, -0.2) is 0 Å². The summed E-state index contributed by atoms with van der Waals surface area (Å²) in [6.45, 7) is 4.52. The molecule has 0 radical (unpaired) electrons. The van der Waals surface area contributed by atoms with Gasteiger partial charge in [0, 0.05) is 0 Å². The maximum Gasteiger partial charge on any atom is 0.0839 e. The zero-order valence-electron chi connectivity index (χ0n) is 8.75. The molecule has 1 saturated carbocycles. The minimum atomic E-state index is 0.550. The van der Waals surface area contributed by atoms with Gasteiger partial charge in [-0.15, -0.1) is 0 Å². The van der Waals surface area contributed by atoms with Crippen molar-refractivity contribution < 1.29 is 4.74 Å². The van der Waals surface area contributed by atoms with E-state index >= 15 is 0 Å². The van der Waals surface area contributed by atoms with Crippen LogP contribution in [0.25, 0.3) is 0 Å². The summed E-state index contributed by atoms with van der Waals surface area (Å²) in [7, 11) is 0. The van der Waals surface area contributed by atoms with Crippen molar-refractivity contribution in [3.05, 3.63) is 11.6 Å². The highest BCUT2D eigenvalue weighted by Gasteiger charge is 2.33. The molecule has 0 N–H and O–H groups in total. The molecule has 0 aromatic carbocycles. The summed E-state index contributed by atoms with van der Waals surface area (Å²) in [6.07, 6.45) is 10.2. The molecular formula is C12H20O. The fraction of sp³-hybridized carbons (Fsp3) is 0.833. The summed E-state index contributed by atoms with van der Waals surface area (Å²) in [5, 5.41) is 0. The smallest absolute Gasteiger partial charge is 0.0839 e. The number of hydrogen-bond donors (Lipinski definition) is 0. The Morgan fingerprint density at radius 2 is 2.23 bits per heavy atom. The van der Waals surface area contributed by atoms with E-state index in [0.717, 1.165) is 5.92 Å². The lowest BCUT2D eigenvalue weighted by atomic mass is 9.99. The van der Waals surface area contributed by atoms with Crippen LogP contribution in [0.4, 0.5) is 0 Å². The molecule has 13 heavy (non-hydrogen) atoms. The molecular weight excluding hydrogens is 160 g/mol. The van der Waals surface area contributed by atoms with Crippen LogP contribution in [0, 0.1) is 5.92 Å². The van der Waals surface area contributed by atoms with E-state index in [0.29, 0.717) is 12.2 Å². The molecule has 0 aromatic heterocycles. The number of allylic oxidation sites excluding steroid dienone is 2. The van der Waals surface area contributed by atoms with Crippen LogP contribution in [0.1, 0.15) is 46.0 Å². The molecule has 3 unspecified atom stereocenters. The Bertz CT molecular complexity index is 201. The van der Waals surface area contributed by atoms with Crippen molar-refractivity contribution in [3.8, 4) is 0 Å². The summed E-state index contributed by atoms with van der Waals surface area (Å²) < 4.78 is 5.39. The third kappa shape index (κ3) is 3.15. The average molecular weight is 180 g/mol. The van der Waals surface area contributed by atoms with Crippen molar-refractivity contribution in [1.82, 2.24) is 0 Å². The fourth-order valence-electron chi connectivity index (χ4n) is 1.74. The van der Waals surface area contributed by atoms with E-state index in [1.54, 1.807) is 5.57 Å². The lowest BCUT2D eigenvalue weighted by molar-refractivity contribution is 0.355. The summed E-state index contributed by atoms with van der Waals surface area (Å²) in [4.78, 5) is 0. The zero-order valence-corrected chi connectivity index (χ0v) is 8.75. The monoisotopic (exact) mass is 180 g/mol. The molecule has 74 valence electrons. The van der Waals surface area contributed by atoms with Crippen LogP contribution in [0.2, 0.25) is 0 Å². The molecule has 0 spiro atoms. The molecule has 0 amide bonds. The Labute approximate surface area is 81.2 Å². The van der Waals surface area contributed by atoms with E-state index in [4.69, 9.17) is 4.74 Å². The molecule has 2 rings (SSSR count). The highest BCUT2D eigenvalue weighted by Crippen LogP contribution is 2.31. The molecule has 3 atom stereocenters. The van der Waals surface area contributed by atoms with E-state index in [9.17, 15) is 0 Å². The Morgan fingerprint density at radius 3 is 2.77 bits per heavy atom. The van der Waals surface area contributed by atoms with Crippen LogP contribution >= 0.6 is 0 Å². The fourth-order valence-corrected chi connectivity index (χ4v) is 1.74. The SMILES string of the molecule is CC(CC=C1CC1)CCC1OC1C. The predicted molar refractivity (Wildman–Crippen MR) is 54.7 cm³/mol. The van der Waals surface area contributed by atoms with E-state index in [1.165, 1.54) is 32.1 Å². The van der Waals surface area contributed by atoms with Crippen LogP contribution in [-0.2, 0) is 4.74 Å². The second-order valence-electron chi connectivity index (χ2n) is 4.66. The maximum absolute atomic E-state index is 5.39. The second-order valence-corrected chi connectivity index (χ2v) is 4.66. The van der Waals surface area contributed by atoms with Gasteiger partial charge in [-0.2, -0.15) is 0 Å². The van der Waals surface area contributed by atoms with E-state index in [1.807, 2.05) is 0 Å². The number of epoxide rings is 1. The molecule has 1 saturated heterocycles. The van der Waals surface area contributed by atoms with Gasteiger partial charge in [0.15, 0.2) is 0 Å². The number of ether oxygens (including phenoxy) is 1. The van der Waals surface area contributed by atoms with E-state index < -0.39 is 0 Å². The van der Waals surface area contributed by atoms with Crippen molar-refractivity contribution >= 4 is 0 Å². The van der Waals surface area contributed by atoms with Crippen molar-refractivity contribution in [2.45, 2.75) is 58.2 Å². The average Bonchev–Trinajstić information content (AvgIpc) is 2.95. The zero-order chi connectivity index (χ0) is 9.26. The molecule has 1 nitrogen and oxygen atoms in total. The first kappa shape index (κ1) is 9.26. The minimum Gasteiger partial charge on any atom is -0.370 e. The normalized spacial score (nSPS) is 32.9. The van der Waals surface area contributed by atoms with Gasteiger partial charge in [0.1, 0.15) is 0 Å². The van der Waals surface area contributed by atoms with Crippen LogP contribution in [0.15, 0.2) is 11.6 Å². The van der Waals surface area contributed by atoms with Crippen LogP contribution < -0.4 is 0 Å². The topological polar surface area (TPSA) is 12.5 Å². The van der Waals surface area contributed by atoms with E-state index in [-0.39, 0.29) is 0 Å². The second kappa shape index (κ2) is 3.83. The minimum absolute atomic E-state index is 0.550. The molecule has 1 aliphatic heterocycles. The third-order valence-corrected chi connectivity index (χ3v) is 3.13. The Morgan fingerprint density at radius 1 is 1.54 bits per heavy atom. The molecule has 1 heteroatoms. The Kier molecular flexibility index (Phi) is 2.73. The molecule has 1 aliphatic carbocycles. The van der Waals surface area contributed by atoms with Gasteiger partial charge in [-0.3, -0.25) is 0 Å². The molecule has 1 heterocycles. The first-order valence-electron chi connectivity index (χ1n) is 5.59. The van der Waals surface area contributed by atoms with Crippen molar-refractivity contribution in [2.24, 2.45) is 5.92 Å². The Hall–Kier alpha value is -0.300. The summed E-state index contributed by atoms with van der Waals surface area (Å²) in [5.74, 6) is 0.851. The highest BCUT2D eigenvalue weighted by atomic mass is 16.6. The van der Waals surface area contributed by atoms with E-state index in [2.05, 4.69) is 19.9 Å². The van der Waals surface area contributed by atoms with Crippen LogP contribution in [0.3, 0.4) is 0 Å². The van der Waals surface area contributed by atoms with Crippen LogP contribution in [0.5, 0.6) is 0 Å². The van der Waals surface area contributed by atoms with Gasteiger partial charge in [0.2, 0.25) is 0 Å². The largest absolute Gasteiger partial charge is 0.370 e. The lowest BCUT2D eigenvalue weighted by Crippen LogP contribution is -1.97. The highest BCUT2D eigenvalue weighted by molar-refractivity contribution is 5.16. The first-order valence-corrected chi connectivity index (χ1v) is 5.59. The maximum atomic E-state index is 5.39. The van der Waals surface area contributed by atoms with Crippen LogP contribution in [-0.4, -0.2) is 12.2 Å². The molecule has 2 fully saturated rings. The van der Waals surface area contributed by atoms with Gasteiger partial charge < -0.3 is 4.74 Å². The van der Waals surface area contributed by atoms with Crippen molar-refractivity contribution in [1.29, 1.82) is 0 Å².